The molecule has 7 nitrogen and oxygen atoms in total. The maximum atomic E-state index is 14.1. The van der Waals surface area contributed by atoms with Crippen LogP contribution in [0.4, 0.5) is 4.39 Å². The van der Waals surface area contributed by atoms with Gasteiger partial charge >= 0.3 is 5.97 Å². The van der Waals surface area contributed by atoms with E-state index < -0.39 is 11.6 Å². The predicted octanol–water partition coefficient (Wildman–Crippen LogP) is 5.75. The molecule has 0 bridgehead atoms. The third kappa shape index (κ3) is 6.05. The molecule has 1 aliphatic carbocycles. The molecule has 0 aromatic heterocycles. The smallest absolute Gasteiger partial charge is 0.305 e. The standard InChI is InChI=1S/C31H38FN3O4/c1-5-25(20-6-8-22(9-7-20)28(38)33-19-16-26(36)37)35-29(39)27(21-10-12-24(32)13-11-21)34-31(35)17-14-23(15-18-31)30(2,3)4/h6-13,23,25H,5,14-19H2,1-4H3,(H,33,38)(H,36,37)/t23?,25-,31?/m1/s1. The fourth-order valence-electron chi connectivity index (χ4n) is 5.95. The molecule has 0 saturated heterocycles. The van der Waals surface area contributed by atoms with Crippen molar-refractivity contribution in [1.82, 2.24) is 10.2 Å². The molecular formula is C31H38FN3O4. The first-order valence-electron chi connectivity index (χ1n) is 13.7. The lowest BCUT2D eigenvalue weighted by atomic mass is 9.69. The summed E-state index contributed by atoms with van der Waals surface area (Å²) in [5.74, 6) is -1.30. The molecule has 1 aliphatic heterocycles. The minimum atomic E-state index is -0.973. The van der Waals surface area contributed by atoms with E-state index in [0.29, 0.717) is 29.2 Å². The van der Waals surface area contributed by atoms with E-state index in [1.165, 1.54) is 12.1 Å². The van der Waals surface area contributed by atoms with Crippen molar-refractivity contribution in [2.24, 2.45) is 16.3 Å². The fraction of sp³-hybridized carbons (Fsp3) is 0.484. The number of carboxylic acid groups (broad SMARTS) is 1. The van der Waals surface area contributed by atoms with E-state index in [4.69, 9.17) is 10.1 Å². The van der Waals surface area contributed by atoms with E-state index in [1.807, 2.05) is 24.0 Å². The van der Waals surface area contributed by atoms with Crippen molar-refractivity contribution in [3.05, 3.63) is 71.0 Å². The number of halogens is 1. The summed E-state index contributed by atoms with van der Waals surface area (Å²) in [4.78, 5) is 44.3. The van der Waals surface area contributed by atoms with Crippen LogP contribution in [0.2, 0.25) is 0 Å². The molecule has 2 aliphatic rings. The minimum Gasteiger partial charge on any atom is -0.481 e. The Hall–Kier alpha value is -3.55. The third-order valence-corrected chi connectivity index (χ3v) is 8.20. The SMILES string of the molecule is CC[C@H](c1ccc(C(=O)NCCC(=O)O)cc1)N1C(=O)C(c2ccc(F)cc2)=NC12CCC(C(C)(C)C)CC2. The average molecular weight is 536 g/mol. The molecule has 1 saturated carbocycles. The lowest BCUT2D eigenvalue weighted by Crippen LogP contribution is -2.51. The van der Waals surface area contributed by atoms with Gasteiger partial charge in [0.1, 0.15) is 17.2 Å². The van der Waals surface area contributed by atoms with Crippen LogP contribution in [-0.2, 0) is 9.59 Å². The number of carbonyl (C=O) groups is 3. The Morgan fingerprint density at radius 1 is 1.10 bits per heavy atom. The second-order valence-corrected chi connectivity index (χ2v) is 11.7. The molecule has 4 rings (SSSR count). The normalized spacial score (nSPS) is 22.1. The number of amides is 2. The van der Waals surface area contributed by atoms with Crippen molar-refractivity contribution in [1.29, 1.82) is 0 Å². The Morgan fingerprint density at radius 3 is 2.26 bits per heavy atom. The van der Waals surface area contributed by atoms with Crippen LogP contribution in [0.3, 0.4) is 0 Å². The zero-order valence-corrected chi connectivity index (χ0v) is 23.2. The molecule has 208 valence electrons. The highest BCUT2D eigenvalue weighted by Crippen LogP contribution is 2.49. The van der Waals surface area contributed by atoms with E-state index >= 15 is 0 Å². The Bertz CT molecular complexity index is 1240. The van der Waals surface area contributed by atoms with Crippen molar-refractivity contribution in [3.8, 4) is 0 Å². The minimum absolute atomic E-state index is 0.0529. The zero-order chi connectivity index (χ0) is 28.4. The first-order chi connectivity index (χ1) is 18.4. The maximum absolute atomic E-state index is 14.1. The predicted molar refractivity (Wildman–Crippen MR) is 148 cm³/mol. The van der Waals surface area contributed by atoms with Crippen LogP contribution in [0.1, 0.15) is 93.7 Å². The number of rotatable bonds is 8. The molecule has 1 heterocycles. The first kappa shape index (κ1) is 28.5. The van der Waals surface area contributed by atoms with E-state index in [0.717, 1.165) is 31.2 Å². The summed E-state index contributed by atoms with van der Waals surface area (Å²) in [7, 11) is 0. The van der Waals surface area contributed by atoms with Crippen molar-refractivity contribution < 1.29 is 23.9 Å². The third-order valence-electron chi connectivity index (χ3n) is 8.20. The van der Waals surface area contributed by atoms with Crippen LogP contribution in [0.5, 0.6) is 0 Å². The van der Waals surface area contributed by atoms with Gasteiger partial charge in [-0.15, -0.1) is 0 Å². The van der Waals surface area contributed by atoms with Crippen LogP contribution in [0.25, 0.3) is 0 Å². The Balaban J connectivity index is 1.64. The highest BCUT2D eigenvalue weighted by Gasteiger charge is 2.52. The van der Waals surface area contributed by atoms with E-state index in [2.05, 4.69) is 26.1 Å². The first-order valence-corrected chi connectivity index (χ1v) is 13.7. The summed E-state index contributed by atoms with van der Waals surface area (Å²) >= 11 is 0. The number of nitrogens with one attached hydrogen (secondary N) is 1. The summed E-state index contributed by atoms with van der Waals surface area (Å²) < 4.78 is 13.7. The quantitative estimate of drug-likeness (QED) is 0.450. The average Bonchev–Trinajstić information content (AvgIpc) is 3.16. The summed E-state index contributed by atoms with van der Waals surface area (Å²) in [5.41, 5.74) is 1.82. The van der Waals surface area contributed by atoms with Crippen LogP contribution < -0.4 is 5.32 Å². The summed E-state index contributed by atoms with van der Waals surface area (Å²) in [6.07, 6.45) is 3.94. The van der Waals surface area contributed by atoms with Gasteiger partial charge < -0.3 is 15.3 Å². The monoisotopic (exact) mass is 535 g/mol. The number of aliphatic carboxylic acids is 1. The number of nitrogens with zero attached hydrogens (tertiary/aromatic N) is 2. The number of hydrogen-bond acceptors (Lipinski definition) is 4. The molecule has 1 fully saturated rings. The van der Waals surface area contributed by atoms with Gasteiger partial charge in [-0.3, -0.25) is 19.4 Å². The highest BCUT2D eigenvalue weighted by molar-refractivity contribution is 6.46. The largest absolute Gasteiger partial charge is 0.481 e. The van der Waals surface area contributed by atoms with Crippen molar-refractivity contribution in [2.75, 3.05) is 6.54 Å². The number of carbonyl (C=O) groups excluding carboxylic acids is 2. The number of benzene rings is 2. The van der Waals surface area contributed by atoms with Crippen LogP contribution >= 0.6 is 0 Å². The van der Waals surface area contributed by atoms with Gasteiger partial charge in [-0.05, 0) is 85.4 Å². The van der Waals surface area contributed by atoms with Crippen LogP contribution in [-0.4, -0.2) is 45.7 Å². The Labute approximate surface area is 229 Å². The van der Waals surface area contributed by atoms with Crippen LogP contribution in [0.15, 0.2) is 53.5 Å². The number of hydrogen-bond donors (Lipinski definition) is 2. The van der Waals surface area contributed by atoms with Gasteiger partial charge in [-0.25, -0.2) is 4.39 Å². The van der Waals surface area contributed by atoms with Gasteiger partial charge in [0.2, 0.25) is 0 Å². The van der Waals surface area contributed by atoms with Gasteiger partial charge in [0.15, 0.2) is 0 Å². The molecule has 2 N–H and O–H groups in total. The second kappa shape index (κ2) is 11.3. The fourth-order valence-corrected chi connectivity index (χ4v) is 5.95. The molecule has 2 amide bonds. The van der Waals surface area contributed by atoms with Crippen LogP contribution in [0, 0.1) is 17.2 Å². The van der Waals surface area contributed by atoms with Gasteiger partial charge in [0.25, 0.3) is 11.8 Å². The Morgan fingerprint density at radius 2 is 1.72 bits per heavy atom. The Kier molecular flexibility index (Phi) is 8.23. The second-order valence-electron chi connectivity index (χ2n) is 11.7. The number of aliphatic imine (C=N–C) groups is 1. The molecule has 0 unspecified atom stereocenters. The van der Waals surface area contributed by atoms with Crippen molar-refractivity contribution >= 4 is 23.5 Å². The summed E-state index contributed by atoms with van der Waals surface area (Å²) in [6, 6.07) is 12.8. The molecule has 1 spiro atoms. The molecule has 2 aromatic rings. The van der Waals surface area contributed by atoms with E-state index in [9.17, 15) is 18.8 Å². The number of carboxylic acids is 1. The van der Waals surface area contributed by atoms with Gasteiger partial charge in [0.05, 0.1) is 12.5 Å². The lowest BCUT2D eigenvalue weighted by Gasteiger charge is -2.47. The summed E-state index contributed by atoms with van der Waals surface area (Å²) in [6.45, 7) is 8.87. The van der Waals surface area contributed by atoms with E-state index in [-0.39, 0.29) is 42.1 Å². The zero-order valence-electron chi connectivity index (χ0n) is 23.2. The van der Waals surface area contributed by atoms with Crippen molar-refractivity contribution in [3.63, 3.8) is 0 Å². The molecule has 2 aromatic carbocycles. The molecule has 1 atom stereocenters. The topological polar surface area (TPSA) is 99.1 Å². The molecule has 8 heteroatoms. The van der Waals surface area contributed by atoms with Crippen molar-refractivity contribution in [2.45, 2.75) is 77.9 Å². The molecule has 0 radical (unpaired) electrons. The highest BCUT2D eigenvalue weighted by atomic mass is 19.1. The van der Waals surface area contributed by atoms with Gasteiger partial charge in [0, 0.05) is 17.7 Å². The van der Waals surface area contributed by atoms with Gasteiger partial charge in [-0.2, -0.15) is 0 Å². The van der Waals surface area contributed by atoms with Gasteiger partial charge in [-0.1, -0.05) is 39.8 Å². The summed E-state index contributed by atoms with van der Waals surface area (Å²) in [5, 5.41) is 11.4. The maximum Gasteiger partial charge on any atom is 0.305 e. The lowest BCUT2D eigenvalue weighted by molar-refractivity contribution is -0.137. The van der Waals surface area contributed by atoms with E-state index in [1.54, 1.807) is 24.3 Å². The molecular weight excluding hydrogens is 497 g/mol. The molecule has 39 heavy (non-hydrogen) atoms.